The highest BCUT2D eigenvalue weighted by Gasteiger charge is 2.15. The molecule has 0 unspecified atom stereocenters. The van der Waals surface area contributed by atoms with Crippen LogP contribution in [-0.4, -0.2) is 34.9 Å². The van der Waals surface area contributed by atoms with Gasteiger partial charge in [-0.3, -0.25) is 0 Å². The Morgan fingerprint density at radius 2 is 2.28 bits per heavy atom. The summed E-state index contributed by atoms with van der Waals surface area (Å²) < 4.78 is 1.79. The van der Waals surface area contributed by atoms with Crippen molar-refractivity contribution in [3.63, 3.8) is 0 Å². The van der Waals surface area contributed by atoms with Crippen molar-refractivity contribution in [1.29, 1.82) is 0 Å². The molecule has 0 aliphatic carbocycles. The van der Waals surface area contributed by atoms with E-state index in [9.17, 15) is 0 Å². The summed E-state index contributed by atoms with van der Waals surface area (Å²) in [6, 6.07) is 0. The SMILES string of the molecule is CCCn1nncc1-c1nc(N)nc2nc[nH]c12. The molecule has 0 saturated carbocycles. The van der Waals surface area contributed by atoms with E-state index in [0.29, 0.717) is 11.3 Å². The third-order valence-corrected chi connectivity index (χ3v) is 2.60. The van der Waals surface area contributed by atoms with Crippen molar-refractivity contribution in [3.8, 4) is 11.4 Å². The summed E-state index contributed by atoms with van der Waals surface area (Å²) in [5.41, 5.74) is 8.45. The van der Waals surface area contributed by atoms with Crippen molar-refractivity contribution in [1.82, 2.24) is 34.9 Å². The molecule has 0 amide bonds. The Kier molecular flexibility index (Phi) is 2.40. The van der Waals surface area contributed by atoms with Crippen molar-refractivity contribution in [3.05, 3.63) is 12.5 Å². The van der Waals surface area contributed by atoms with Gasteiger partial charge in [-0.25, -0.2) is 14.6 Å². The van der Waals surface area contributed by atoms with E-state index in [1.54, 1.807) is 17.2 Å². The fourth-order valence-electron chi connectivity index (χ4n) is 1.85. The third-order valence-electron chi connectivity index (χ3n) is 2.60. The van der Waals surface area contributed by atoms with Gasteiger partial charge in [0.15, 0.2) is 5.65 Å². The van der Waals surface area contributed by atoms with Gasteiger partial charge in [0, 0.05) is 6.54 Å². The predicted octanol–water partition coefficient (Wildman–Crippen LogP) is 0.604. The Hall–Kier alpha value is -2.51. The fraction of sp³-hybridized carbons (Fsp3) is 0.300. The van der Waals surface area contributed by atoms with Gasteiger partial charge in [-0.1, -0.05) is 12.1 Å². The number of nitrogens with one attached hydrogen (secondary N) is 1. The Bertz CT molecular complexity index is 682. The van der Waals surface area contributed by atoms with Crippen LogP contribution in [-0.2, 0) is 6.54 Å². The maximum atomic E-state index is 5.69. The Morgan fingerprint density at radius 1 is 1.39 bits per heavy atom. The molecule has 0 aliphatic rings. The first-order valence-corrected chi connectivity index (χ1v) is 5.65. The zero-order chi connectivity index (χ0) is 12.5. The molecule has 0 saturated heterocycles. The summed E-state index contributed by atoms with van der Waals surface area (Å²) in [5.74, 6) is 0.189. The maximum Gasteiger partial charge on any atom is 0.222 e. The Balaban J connectivity index is 2.24. The van der Waals surface area contributed by atoms with Crippen molar-refractivity contribution < 1.29 is 0 Å². The van der Waals surface area contributed by atoms with E-state index in [-0.39, 0.29) is 5.95 Å². The number of hydrogen-bond acceptors (Lipinski definition) is 6. The molecule has 3 heterocycles. The van der Waals surface area contributed by atoms with Crippen LogP contribution in [0.3, 0.4) is 0 Å². The van der Waals surface area contributed by atoms with E-state index in [0.717, 1.165) is 24.2 Å². The largest absolute Gasteiger partial charge is 0.368 e. The summed E-state index contributed by atoms with van der Waals surface area (Å²) in [7, 11) is 0. The standard InChI is InChI=1S/C10H12N8/c1-2-3-18-6(4-14-17-18)7-8-9(13-5-12-8)16-10(11)15-7/h4-5H,2-3H2,1H3,(H3,11,12,13,15,16). The molecule has 3 aromatic heterocycles. The number of hydrogen-bond donors (Lipinski definition) is 2. The molecule has 3 aromatic rings. The first kappa shape index (κ1) is 10.6. The lowest BCUT2D eigenvalue weighted by Gasteiger charge is -2.05. The first-order valence-electron chi connectivity index (χ1n) is 5.65. The van der Waals surface area contributed by atoms with Gasteiger partial charge < -0.3 is 10.7 Å². The summed E-state index contributed by atoms with van der Waals surface area (Å²) in [6.45, 7) is 2.85. The fourth-order valence-corrected chi connectivity index (χ4v) is 1.85. The number of rotatable bonds is 3. The van der Waals surface area contributed by atoms with Crippen LogP contribution in [0.5, 0.6) is 0 Å². The molecular weight excluding hydrogens is 232 g/mol. The predicted molar refractivity (Wildman–Crippen MR) is 65.4 cm³/mol. The molecule has 0 aliphatic heterocycles. The van der Waals surface area contributed by atoms with E-state index in [2.05, 4.69) is 37.2 Å². The minimum absolute atomic E-state index is 0.189. The number of H-pyrrole nitrogens is 1. The van der Waals surface area contributed by atoms with E-state index in [4.69, 9.17) is 5.73 Å². The van der Waals surface area contributed by atoms with E-state index in [1.165, 1.54) is 0 Å². The van der Waals surface area contributed by atoms with E-state index in [1.807, 2.05) is 0 Å². The molecular formula is C10H12N8. The molecule has 3 N–H and O–H groups in total. The van der Waals surface area contributed by atoms with Crippen LogP contribution in [0.4, 0.5) is 5.95 Å². The number of nitrogens with zero attached hydrogens (tertiary/aromatic N) is 6. The van der Waals surface area contributed by atoms with Crippen molar-refractivity contribution in [2.75, 3.05) is 5.73 Å². The number of fused-ring (bicyclic) bond motifs is 1. The summed E-state index contributed by atoms with van der Waals surface area (Å²) in [4.78, 5) is 15.4. The first-order chi connectivity index (χ1) is 8.79. The van der Waals surface area contributed by atoms with Crippen LogP contribution >= 0.6 is 0 Å². The number of aromatic amines is 1. The van der Waals surface area contributed by atoms with Gasteiger partial charge in [-0.2, -0.15) is 4.98 Å². The summed E-state index contributed by atoms with van der Waals surface area (Å²) in [6.07, 6.45) is 4.19. The van der Waals surface area contributed by atoms with Gasteiger partial charge >= 0.3 is 0 Å². The minimum Gasteiger partial charge on any atom is -0.368 e. The van der Waals surface area contributed by atoms with Crippen molar-refractivity contribution in [2.45, 2.75) is 19.9 Å². The van der Waals surface area contributed by atoms with Gasteiger partial charge in [0.25, 0.3) is 0 Å². The second kappa shape index (κ2) is 4.06. The van der Waals surface area contributed by atoms with Crippen LogP contribution in [0.15, 0.2) is 12.5 Å². The van der Waals surface area contributed by atoms with Gasteiger partial charge in [0.2, 0.25) is 5.95 Å². The lowest BCUT2D eigenvalue weighted by atomic mass is 10.3. The zero-order valence-electron chi connectivity index (χ0n) is 9.83. The number of aryl methyl sites for hydroxylation is 1. The Morgan fingerprint density at radius 3 is 3.11 bits per heavy atom. The normalized spacial score (nSPS) is 11.2. The van der Waals surface area contributed by atoms with Gasteiger partial charge in [0.05, 0.1) is 12.5 Å². The van der Waals surface area contributed by atoms with Gasteiger partial charge in [-0.15, -0.1) is 5.10 Å². The van der Waals surface area contributed by atoms with E-state index < -0.39 is 0 Å². The van der Waals surface area contributed by atoms with Crippen LogP contribution < -0.4 is 5.73 Å². The quantitative estimate of drug-likeness (QED) is 0.698. The molecule has 18 heavy (non-hydrogen) atoms. The molecule has 8 nitrogen and oxygen atoms in total. The van der Waals surface area contributed by atoms with Crippen LogP contribution in [0.25, 0.3) is 22.6 Å². The highest BCUT2D eigenvalue weighted by atomic mass is 15.4. The minimum atomic E-state index is 0.189. The highest BCUT2D eigenvalue weighted by Crippen LogP contribution is 2.23. The van der Waals surface area contributed by atoms with Gasteiger partial charge in [0.1, 0.15) is 16.9 Å². The number of nitrogen functional groups attached to an aromatic ring is 1. The topological polar surface area (TPSA) is 111 Å². The molecule has 0 atom stereocenters. The summed E-state index contributed by atoms with van der Waals surface area (Å²) >= 11 is 0. The maximum absolute atomic E-state index is 5.69. The number of nitrogens with two attached hydrogens (primary N) is 1. The van der Waals surface area contributed by atoms with Crippen LogP contribution in [0.1, 0.15) is 13.3 Å². The molecule has 0 fully saturated rings. The summed E-state index contributed by atoms with van der Waals surface area (Å²) in [5, 5.41) is 7.95. The smallest absolute Gasteiger partial charge is 0.222 e. The number of imidazole rings is 1. The second-order valence-electron chi connectivity index (χ2n) is 3.87. The van der Waals surface area contributed by atoms with Crippen LogP contribution in [0, 0.1) is 0 Å². The third kappa shape index (κ3) is 1.58. The molecule has 92 valence electrons. The number of anilines is 1. The highest BCUT2D eigenvalue weighted by molar-refractivity contribution is 5.86. The van der Waals surface area contributed by atoms with Crippen molar-refractivity contribution >= 4 is 17.1 Å². The lowest BCUT2D eigenvalue weighted by Crippen LogP contribution is -2.04. The van der Waals surface area contributed by atoms with Crippen molar-refractivity contribution in [2.24, 2.45) is 0 Å². The van der Waals surface area contributed by atoms with Crippen LogP contribution in [0.2, 0.25) is 0 Å². The molecule has 8 heteroatoms. The molecule has 0 spiro atoms. The van der Waals surface area contributed by atoms with E-state index >= 15 is 0 Å². The lowest BCUT2D eigenvalue weighted by molar-refractivity contribution is 0.583. The average Bonchev–Trinajstić information content (AvgIpc) is 2.96. The molecule has 3 rings (SSSR count). The number of aromatic nitrogens is 7. The molecule has 0 bridgehead atoms. The van der Waals surface area contributed by atoms with Gasteiger partial charge in [-0.05, 0) is 6.42 Å². The zero-order valence-corrected chi connectivity index (χ0v) is 9.83. The molecule has 0 aromatic carbocycles. The average molecular weight is 244 g/mol. The monoisotopic (exact) mass is 244 g/mol. The Labute approximate surface area is 102 Å². The second-order valence-corrected chi connectivity index (χ2v) is 3.87. The molecule has 0 radical (unpaired) electrons.